The zero-order valence-corrected chi connectivity index (χ0v) is 35.0. The molecular weight excluding hydrogens is 686 g/mol. The molecule has 1 fully saturated rings. The molecule has 54 heavy (non-hydrogen) atoms. The van der Waals surface area contributed by atoms with E-state index in [4.69, 9.17) is 9.47 Å². The van der Waals surface area contributed by atoms with Crippen LogP contribution in [-0.4, -0.2) is 98.7 Å². The van der Waals surface area contributed by atoms with Crippen LogP contribution in [0, 0.1) is 5.92 Å². The Bertz CT molecular complexity index is 847. The van der Waals surface area contributed by atoms with Crippen molar-refractivity contribution < 1.29 is 44.9 Å². The Kier molecular flexibility index (Phi) is 32.4. The standard InChI is InChI=1S/C44H87NO9/c1-4-5-6-7-8-9-10-11-12-13-14-15-16-17-18-23-26-29-32-39(48)45-36(34-53-44-43(52)42(51)41(50)38(33-46)54-44)40(49)37(47)31-28-25-22-20-19-21-24-27-30-35(2)3/h35-38,40-44,46-47,49-52H,4-34H2,1-3H3,(H,45,48)/t36-,37+,38+,40-,41+,42-,43+,44+/m0/s1. The van der Waals surface area contributed by atoms with E-state index in [0.717, 1.165) is 50.9 Å². The Morgan fingerprint density at radius 3 is 1.48 bits per heavy atom. The van der Waals surface area contributed by atoms with Crippen LogP contribution in [0.25, 0.3) is 0 Å². The van der Waals surface area contributed by atoms with Gasteiger partial charge in [-0.2, -0.15) is 0 Å². The third-order valence-electron chi connectivity index (χ3n) is 11.2. The van der Waals surface area contributed by atoms with E-state index in [1.54, 1.807) is 0 Å². The van der Waals surface area contributed by atoms with Crippen molar-refractivity contribution in [3.05, 3.63) is 0 Å². The van der Waals surface area contributed by atoms with Crippen molar-refractivity contribution in [2.75, 3.05) is 13.2 Å². The highest BCUT2D eigenvalue weighted by Gasteiger charge is 2.44. The van der Waals surface area contributed by atoms with Crippen LogP contribution in [0.5, 0.6) is 0 Å². The maximum Gasteiger partial charge on any atom is 0.220 e. The van der Waals surface area contributed by atoms with Crippen molar-refractivity contribution in [3.63, 3.8) is 0 Å². The molecule has 1 aliphatic heterocycles. The molecule has 1 rings (SSSR count). The summed E-state index contributed by atoms with van der Waals surface area (Å²) in [4.78, 5) is 13.0. The molecule has 0 aromatic carbocycles. The first-order chi connectivity index (χ1) is 26.1. The molecular formula is C44H87NO9. The second-order valence-electron chi connectivity index (χ2n) is 16.8. The van der Waals surface area contributed by atoms with Crippen molar-refractivity contribution in [2.24, 2.45) is 5.92 Å². The van der Waals surface area contributed by atoms with Crippen molar-refractivity contribution in [2.45, 2.75) is 256 Å². The summed E-state index contributed by atoms with van der Waals surface area (Å²) in [6, 6.07) is -0.985. The molecule has 10 nitrogen and oxygen atoms in total. The van der Waals surface area contributed by atoms with E-state index in [-0.39, 0.29) is 18.9 Å². The zero-order valence-electron chi connectivity index (χ0n) is 35.0. The SMILES string of the molecule is CCCCCCCCCCCCCCCCCCCCC(=O)N[C@@H](CO[C@@H]1O[C@H](CO)[C@@H](O)[C@H](O)[C@H]1O)[C@H](O)[C@H](O)CCCCCCCCCCC(C)C. The lowest BCUT2D eigenvalue weighted by molar-refractivity contribution is -0.303. The summed E-state index contributed by atoms with van der Waals surface area (Å²) < 4.78 is 11.1. The van der Waals surface area contributed by atoms with Crippen molar-refractivity contribution in [1.29, 1.82) is 0 Å². The third-order valence-corrected chi connectivity index (χ3v) is 11.2. The number of carbonyl (C=O) groups is 1. The molecule has 322 valence electrons. The summed E-state index contributed by atoms with van der Waals surface area (Å²) in [5.74, 6) is 0.506. The Labute approximate surface area is 330 Å². The molecule has 0 radical (unpaired) electrons. The minimum atomic E-state index is -1.60. The molecule has 0 unspecified atom stereocenters. The number of aliphatic hydroxyl groups excluding tert-OH is 6. The molecule has 1 saturated heterocycles. The molecule has 1 amide bonds. The lowest BCUT2D eigenvalue weighted by Gasteiger charge is -2.40. The second-order valence-corrected chi connectivity index (χ2v) is 16.8. The predicted octanol–water partition coefficient (Wildman–Crippen LogP) is 8.00. The molecule has 0 saturated carbocycles. The van der Waals surface area contributed by atoms with Crippen LogP contribution in [0.4, 0.5) is 0 Å². The average Bonchev–Trinajstić information content (AvgIpc) is 3.15. The number of unbranched alkanes of at least 4 members (excludes halogenated alkanes) is 24. The Morgan fingerprint density at radius 1 is 0.611 bits per heavy atom. The summed E-state index contributed by atoms with van der Waals surface area (Å²) >= 11 is 0. The quantitative estimate of drug-likeness (QED) is 0.0310. The number of nitrogens with one attached hydrogen (secondary N) is 1. The fraction of sp³-hybridized carbons (Fsp3) is 0.977. The number of amides is 1. The zero-order chi connectivity index (χ0) is 39.8. The van der Waals surface area contributed by atoms with Gasteiger partial charge in [0.15, 0.2) is 6.29 Å². The first kappa shape index (κ1) is 51.2. The molecule has 0 aromatic heterocycles. The van der Waals surface area contributed by atoms with Crippen LogP contribution in [0.3, 0.4) is 0 Å². The van der Waals surface area contributed by atoms with Crippen LogP contribution >= 0.6 is 0 Å². The molecule has 10 heteroatoms. The average molecular weight is 774 g/mol. The van der Waals surface area contributed by atoms with E-state index < -0.39 is 55.6 Å². The summed E-state index contributed by atoms with van der Waals surface area (Å²) in [5, 5.41) is 65.0. The Balaban J connectivity index is 2.37. The Hall–Kier alpha value is -0.850. The van der Waals surface area contributed by atoms with Gasteiger partial charge < -0.3 is 45.4 Å². The summed E-state index contributed by atoms with van der Waals surface area (Å²) in [5.41, 5.74) is 0. The van der Waals surface area contributed by atoms with Gasteiger partial charge in [0, 0.05) is 6.42 Å². The van der Waals surface area contributed by atoms with Crippen molar-refractivity contribution in [1.82, 2.24) is 5.32 Å². The van der Waals surface area contributed by atoms with Crippen LogP contribution in [0.2, 0.25) is 0 Å². The van der Waals surface area contributed by atoms with E-state index in [9.17, 15) is 35.4 Å². The fourth-order valence-electron chi connectivity index (χ4n) is 7.50. The largest absolute Gasteiger partial charge is 0.394 e. The molecule has 1 aliphatic rings. The lowest BCUT2D eigenvalue weighted by atomic mass is 9.98. The third kappa shape index (κ3) is 25.4. The van der Waals surface area contributed by atoms with Gasteiger partial charge in [0.05, 0.1) is 25.4 Å². The molecule has 7 N–H and O–H groups in total. The number of hydrogen-bond donors (Lipinski definition) is 7. The lowest BCUT2D eigenvalue weighted by Crippen LogP contribution is -2.60. The summed E-state index contributed by atoms with van der Waals surface area (Å²) in [6.07, 6.45) is 24.1. The first-order valence-corrected chi connectivity index (χ1v) is 22.7. The second kappa shape index (κ2) is 34.2. The summed E-state index contributed by atoms with van der Waals surface area (Å²) in [6.45, 7) is 5.89. The van der Waals surface area contributed by atoms with Crippen molar-refractivity contribution in [3.8, 4) is 0 Å². The summed E-state index contributed by atoms with van der Waals surface area (Å²) in [7, 11) is 0. The van der Waals surface area contributed by atoms with Crippen LogP contribution in [-0.2, 0) is 14.3 Å². The highest BCUT2D eigenvalue weighted by molar-refractivity contribution is 5.76. The van der Waals surface area contributed by atoms with Crippen LogP contribution < -0.4 is 5.32 Å². The monoisotopic (exact) mass is 774 g/mol. The van der Waals surface area contributed by atoms with Crippen LogP contribution in [0.15, 0.2) is 0 Å². The van der Waals surface area contributed by atoms with Gasteiger partial charge >= 0.3 is 0 Å². The van der Waals surface area contributed by atoms with Gasteiger partial charge in [-0.05, 0) is 18.8 Å². The number of ether oxygens (including phenoxy) is 2. The van der Waals surface area contributed by atoms with Gasteiger partial charge in [0.2, 0.25) is 5.91 Å². The molecule has 8 atom stereocenters. The minimum absolute atomic E-state index is 0.256. The van der Waals surface area contributed by atoms with Crippen molar-refractivity contribution >= 4 is 5.91 Å². The number of hydrogen-bond acceptors (Lipinski definition) is 9. The smallest absolute Gasteiger partial charge is 0.220 e. The van der Waals surface area contributed by atoms with Gasteiger partial charge in [-0.3, -0.25) is 4.79 Å². The maximum atomic E-state index is 13.0. The molecule has 0 spiro atoms. The minimum Gasteiger partial charge on any atom is -0.394 e. The number of aliphatic hydroxyl groups is 6. The van der Waals surface area contributed by atoms with E-state index in [1.807, 2.05) is 0 Å². The van der Waals surface area contributed by atoms with E-state index in [0.29, 0.717) is 6.42 Å². The maximum absolute atomic E-state index is 13.0. The molecule has 0 bridgehead atoms. The predicted molar refractivity (Wildman–Crippen MR) is 218 cm³/mol. The molecule has 1 heterocycles. The fourth-order valence-corrected chi connectivity index (χ4v) is 7.50. The van der Waals surface area contributed by atoms with E-state index >= 15 is 0 Å². The Morgan fingerprint density at radius 2 is 1.04 bits per heavy atom. The topological polar surface area (TPSA) is 169 Å². The van der Waals surface area contributed by atoms with Crippen LogP contribution in [0.1, 0.15) is 207 Å². The van der Waals surface area contributed by atoms with Gasteiger partial charge in [-0.1, -0.05) is 188 Å². The highest BCUT2D eigenvalue weighted by Crippen LogP contribution is 2.23. The van der Waals surface area contributed by atoms with Gasteiger partial charge in [0.25, 0.3) is 0 Å². The normalized spacial score (nSPS) is 22.1. The van der Waals surface area contributed by atoms with E-state index in [2.05, 4.69) is 26.1 Å². The highest BCUT2D eigenvalue weighted by atomic mass is 16.7. The first-order valence-electron chi connectivity index (χ1n) is 22.7. The van der Waals surface area contributed by atoms with Gasteiger partial charge in [-0.15, -0.1) is 0 Å². The van der Waals surface area contributed by atoms with E-state index in [1.165, 1.54) is 128 Å². The molecule has 0 aliphatic carbocycles. The molecule has 0 aromatic rings. The van der Waals surface area contributed by atoms with Gasteiger partial charge in [0.1, 0.15) is 30.5 Å². The number of rotatable bonds is 37. The van der Waals surface area contributed by atoms with Gasteiger partial charge in [-0.25, -0.2) is 0 Å². The number of carbonyl (C=O) groups excluding carboxylic acids is 1.